The number of nitrogens with one attached hydrogen (secondary N) is 1. The summed E-state index contributed by atoms with van der Waals surface area (Å²) in [6.07, 6.45) is 5.48. The molecule has 1 aliphatic rings. The van der Waals surface area contributed by atoms with Gasteiger partial charge in [-0.05, 0) is 45.0 Å². The first-order chi connectivity index (χ1) is 8.75. The molecule has 18 heavy (non-hydrogen) atoms. The molecule has 1 aromatic rings. The average molecular weight is 248 g/mol. The van der Waals surface area contributed by atoms with Gasteiger partial charge in [0.2, 0.25) is 0 Å². The predicted octanol–water partition coefficient (Wildman–Crippen LogP) is 2.26. The Morgan fingerprint density at radius 3 is 2.61 bits per heavy atom. The highest BCUT2D eigenvalue weighted by Crippen LogP contribution is 2.12. The van der Waals surface area contributed by atoms with Crippen LogP contribution < -0.4 is 11.1 Å². The Balaban J connectivity index is 1.75. The molecule has 0 unspecified atom stereocenters. The summed E-state index contributed by atoms with van der Waals surface area (Å²) in [5.74, 6) is 0.927. The number of nitrogens with zero attached hydrogens (tertiary/aromatic N) is 2. The minimum atomic E-state index is 0.757. The Bertz CT molecular complexity index is 370. The van der Waals surface area contributed by atoms with Crippen molar-refractivity contribution in [3.63, 3.8) is 0 Å². The maximum Gasteiger partial charge on any atom is 0.126 e. The molecule has 0 spiro atoms. The van der Waals surface area contributed by atoms with Crippen molar-refractivity contribution >= 4 is 11.5 Å². The minimum Gasteiger partial charge on any atom is -0.397 e. The number of aromatic nitrogens is 1. The van der Waals surface area contributed by atoms with Crippen LogP contribution in [0.5, 0.6) is 0 Å². The Morgan fingerprint density at radius 2 is 1.94 bits per heavy atom. The van der Waals surface area contributed by atoms with Crippen molar-refractivity contribution in [2.45, 2.75) is 32.6 Å². The molecule has 4 nitrogen and oxygen atoms in total. The zero-order valence-electron chi connectivity index (χ0n) is 11.3. The highest BCUT2D eigenvalue weighted by atomic mass is 15.1. The van der Waals surface area contributed by atoms with Gasteiger partial charge >= 0.3 is 0 Å². The normalized spacial score (nSPS) is 17.4. The van der Waals surface area contributed by atoms with Gasteiger partial charge in [-0.15, -0.1) is 0 Å². The fraction of sp³-hybridized carbons (Fsp3) is 0.643. The van der Waals surface area contributed by atoms with Gasteiger partial charge in [0.1, 0.15) is 5.82 Å². The lowest BCUT2D eigenvalue weighted by Gasteiger charge is -2.20. The van der Waals surface area contributed by atoms with Gasteiger partial charge in [-0.2, -0.15) is 0 Å². The molecule has 3 N–H and O–H groups in total. The van der Waals surface area contributed by atoms with Crippen molar-refractivity contribution in [1.82, 2.24) is 9.88 Å². The van der Waals surface area contributed by atoms with Gasteiger partial charge in [-0.3, -0.25) is 0 Å². The second kappa shape index (κ2) is 6.59. The molecule has 0 atom stereocenters. The lowest BCUT2D eigenvalue weighted by molar-refractivity contribution is 0.296. The molecule has 0 aliphatic carbocycles. The van der Waals surface area contributed by atoms with Crippen molar-refractivity contribution in [1.29, 1.82) is 0 Å². The molecular weight excluding hydrogens is 224 g/mol. The number of likely N-dealkylation sites (tertiary alicyclic amines) is 1. The highest BCUT2D eigenvalue weighted by molar-refractivity contribution is 5.48. The SMILES string of the molecule is Cc1nc(NCCN2CCCCCC2)ccc1N. The van der Waals surface area contributed by atoms with Crippen LogP contribution in [0.3, 0.4) is 0 Å². The molecule has 2 rings (SSSR count). The van der Waals surface area contributed by atoms with Crippen LogP contribution >= 0.6 is 0 Å². The van der Waals surface area contributed by atoms with Crippen molar-refractivity contribution in [3.8, 4) is 0 Å². The smallest absolute Gasteiger partial charge is 0.126 e. The fourth-order valence-electron chi connectivity index (χ4n) is 2.37. The van der Waals surface area contributed by atoms with Crippen LogP contribution in [0.4, 0.5) is 11.5 Å². The topological polar surface area (TPSA) is 54.2 Å². The Kier molecular flexibility index (Phi) is 4.81. The average Bonchev–Trinajstić information content (AvgIpc) is 2.62. The van der Waals surface area contributed by atoms with Crippen molar-refractivity contribution < 1.29 is 0 Å². The first-order valence-corrected chi connectivity index (χ1v) is 6.95. The van der Waals surface area contributed by atoms with E-state index in [0.29, 0.717) is 0 Å². The molecular formula is C14H24N4. The van der Waals surface area contributed by atoms with Crippen LogP contribution in [0.25, 0.3) is 0 Å². The van der Waals surface area contributed by atoms with E-state index in [1.807, 2.05) is 19.1 Å². The summed E-state index contributed by atoms with van der Waals surface area (Å²) in [7, 11) is 0. The van der Waals surface area contributed by atoms with E-state index in [-0.39, 0.29) is 0 Å². The zero-order valence-corrected chi connectivity index (χ0v) is 11.3. The van der Waals surface area contributed by atoms with E-state index >= 15 is 0 Å². The second-order valence-corrected chi connectivity index (χ2v) is 5.05. The maximum atomic E-state index is 5.75. The summed E-state index contributed by atoms with van der Waals surface area (Å²) in [6, 6.07) is 3.86. The molecule has 0 saturated carbocycles. The summed E-state index contributed by atoms with van der Waals surface area (Å²) in [5, 5.41) is 3.37. The first kappa shape index (κ1) is 13.1. The number of nitrogen functional groups attached to an aromatic ring is 1. The van der Waals surface area contributed by atoms with Crippen LogP contribution in [0.1, 0.15) is 31.4 Å². The van der Waals surface area contributed by atoms with Gasteiger partial charge in [0.05, 0.1) is 11.4 Å². The van der Waals surface area contributed by atoms with Crippen LogP contribution in [0.15, 0.2) is 12.1 Å². The number of aryl methyl sites for hydroxylation is 1. The van der Waals surface area contributed by atoms with E-state index in [4.69, 9.17) is 5.73 Å². The van der Waals surface area contributed by atoms with Gasteiger partial charge in [0.15, 0.2) is 0 Å². The molecule has 0 aromatic carbocycles. The van der Waals surface area contributed by atoms with Crippen molar-refractivity contribution in [2.75, 3.05) is 37.2 Å². The van der Waals surface area contributed by atoms with Gasteiger partial charge in [-0.1, -0.05) is 12.8 Å². The summed E-state index contributed by atoms with van der Waals surface area (Å²) in [5.41, 5.74) is 7.41. The maximum absolute atomic E-state index is 5.75. The number of nitrogens with two attached hydrogens (primary N) is 1. The quantitative estimate of drug-likeness (QED) is 0.858. The van der Waals surface area contributed by atoms with E-state index < -0.39 is 0 Å². The summed E-state index contributed by atoms with van der Waals surface area (Å²) < 4.78 is 0. The van der Waals surface area contributed by atoms with Crippen LogP contribution in [0, 0.1) is 6.92 Å². The number of pyridine rings is 1. The Morgan fingerprint density at radius 1 is 1.22 bits per heavy atom. The minimum absolute atomic E-state index is 0.757. The number of hydrogen-bond acceptors (Lipinski definition) is 4. The standard InChI is InChI=1S/C14H24N4/c1-12-13(15)6-7-14(17-12)16-8-11-18-9-4-2-3-5-10-18/h6-7H,2-5,8-11,15H2,1H3,(H,16,17). The van der Waals surface area contributed by atoms with Crippen LogP contribution in [0.2, 0.25) is 0 Å². The third-order valence-electron chi connectivity index (χ3n) is 3.56. The number of hydrogen-bond donors (Lipinski definition) is 2. The van der Waals surface area contributed by atoms with E-state index in [2.05, 4.69) is 15.2 Å². The predicted molar refractivity (Wildman–Crippen MR) is 76.8 cm³/mol. The molecule has 1 aromatic heterocycles. The number of anilines is 2. The Labute approximate surface area is 110 Å². The van der Waals surface area contributed by atoms with Crippen LogP contribution in [-0.4, -0.2) is 36.1 Å². The van der Waals surface area contributed by atoms with E-state index in [9.17, 15) is 0 Å². The van der Waals surface area contributed by atoms with Gasteiger partial charge in [0.25, 0.3) is 0 Å². The fourth-order valence-corrected chi connectivity index (χ4v) is 2.37. The molecule has 0 amide bonds. The summed E-state index contributed by atoms with van der Waals surface area (Å²) in [4.78, 5) is 6.97. The third-order valence-corrected chi connectivity index (χ3v) is 3.56. The molecule has 1 saturated heterocycles. The van der Waals surface area contributed by atoms with E-state index in [1.54, 1.807) is 0 Å². The molecule has 2 heterocycles. The molecule has 4 heteroatoms. The first-order valence-electron chi connectivity index (χ1n) is 6.95. The monoisotopic (exact) mass is 248 g/mol. The summed E-state index contributed by atoms with van der Waals surface area (Å²) >= 11 is 0. The zero-order chi connectivity index (χ0) is 12.8. The van der Waals surface area contributed by atoms with Crippen molar-refractivity contribution in [2.24, 2.45) is 0 Å². The lowest BCUT2D eigenvalue weighted by Crippen LogP contribution is -2.30. The largest absolute Gasteiger partial charge is 0.397 e. The summed E-state index contributed by atoms with van der Waals surface area (Å²) in [6.45, 7) is 6.49. The molecule has 1 aliphatic heterocycles. The molecule has 100 valence electrons. The third kappa shape index (κ3) is 3.88. The van der Waals surface area contributed by atoms with E-state index in [0.717, 1.165) is 30.3 Å². The van der Waals surface area contributed by atoms with Gasteiger partial charge in [0, 0.05) is 13.1 Å². The van der Waals surface area contributed by atoms with Gasteiger partial charge < -0.3 is 16.0 Å². The number of rotatable bonds is 4. The lowest BCUT2D eigenvalue weighted by atomic mass is 10.2. The van der Waals surface area contributed by atoms with Crippen LogP contribution in [-0.2, 0) is 0 Å². The molecule has 0 radical (unpaired) electrons. The molecule has 0 bridgehead atoms. The highest BCUT2D eigenvalue weighted by Gasteiger charge is 2.08. The Hall–Kier alpha value is -1.29. The molecule has 1 fully saturated rings. The second-order valence-electron chi connectivity index (χ2n) is 5.05. The van der Waals surface area contributed by atoms with E-state index in [1.165, 1.54) is 38.8 Å². The van der Waals surface area contributed by atoms with Crippen molar-refractivity contribution in [3.05, 3.63) is 17.8 Å². The van der Waals surface area contributed by atoms with Gasteiger partial charge in [-0.25, -0.2) is 4.98 Å².